The predicted octanol–water partition coefficient (Wildman–Crippen LogP) is 4.82. The van der Waals surface area contributed by atoms with E-state index in [0.717, 1.165) is 22.3 Å². The summed E-state index contributed by atoms with van der Waals surface area (Å²) in [5.74, 6) is -0.880. The lowest BCUT2D eigenvalue weighted by molar-refractivity contribution is 0.102. The van der Waals surface area contributed by atoms with Crippen molar-refractivity contribution in [2.45, 2.75) is 0 Å². The number of nitrogens with zero attached hydrogens (tertiary/aromatic N) is 4. The van der Waals surface area contributed by atoms with Crippen LogP contribution in [0.2, 0.25) is 0 Å². The van der Waals surface area contributed by atoms with E-state index in [0.29, 0.717) is 17.1 Å². The Morgan fingerprint density at radius 3 is 2.62 bits per heavy atom. The van der Waals surface area contributed by atoms with Gasteiger partial charge in [0.15, 0.2) is 0 Å². The van der Waals surface area contributed by atoms with Crippen LogP contribution in [0, 0.1) is 5.82 Å². The molecule has 2 N–H and O–H groups in total. The van der Waals surface area contributed by atoms with E-state index in [-0.39, 0.29) is 5.56 Å². The van der Waals surface area contributed by atoms with Crippen molar-refractivity contribution < 1.29 is 9.18 Å². The lowest BCUT2D eigenvalue weighted by Crippen LogP contribution is -2.14. The summed E-state index contributed by atoms with van der Waals surface area (Å²) in [5.41, 5.74) is 4.65. The van der Waals surface area contributed by atoms with Crippen molar-refractivity contribution in [1.29, 1.82) is 0 Å². The Morgan fingerprint density at radius 2 is 1.91 bits per heavy atom. The number of pyridine rings is 2. The molecule has 0 aliphatic carbocycles. The van der Waals surface area contributed by atoms with Crippen LogP contribution in [0.15, 0.2) is 80.0 Å². The molecule has 0 atom stereocenters. The summed E-state index contributed by atoms with van der Waals surface area (Å²) in [5, 5.41) is 9.38. The molecule has 0 spiro atoms. The number of imidazole rings is 1. The molecule has 156 valence electrons. The smallest absolute Gasteiger partial charge is 0.259 e. The van der Waals surface area contributed by atoms with Gasteiger partial charge in [0.1, 0.15) is 17.3 Å². The highest BCUT2D eigenvalue weighted by Gasteiger charge is 2.15. The molecule has 8 heteroatoms. The van der Waals surface area contributed by atoms with Gasteiger partial charge in [-0.05, 0) is 42.0 Å². The molecule has 0 saturated heterocycles. The van der Waals surface area contributed by atoms with E-state index in [4.69, 9.17) is 0 Å². The van der Waals surface area contributed by atoms with Crippen molar-refractivity contribution in [3.8, 4) is 22.4 Å². The molecule has 1 aromatic carbocycles. The van der Waals surface area contributed by atoms with Gasteiger partial charge in [-0.15, -0.1) is 0 Å². The largest absolute Gasteiger partial charge is 0.306 e. The highest BCUT2D eigenvalue weighted by Crippen LogP contribution is 2.26. The number of amides is 1. The summed E-state index contributed by atoms with van der Waals surface area (Å²) in [6.07, 6.45) is 10.3. The highest BCUT2D eigenvalue weighted by atomic mass is 19.1. The molecule has 1 amide bonds. The molecule has 0 unspecified atom stereocenters. The first kappa shape index (κ1) is 19.4. The number of aromatic nitrogens is 5. The summed E-state index contributed by atoms with van der Waals surface area (Å²) >= 11 is 0. The van der Waals surface area contributed by atoms with Crippen LogP contribution in [0.3, 0.4) is 0 Å². The van der Waals surface area contributed by atoms with Crippen molar-refractivity contribution in [2.24, 2.45) is 0 Å². The van der Waals surface area contributed by atoms with E-state index in [2.05, 4.69) is 32.1 Å². The molecular weight excluding hydrogens is 407 g/mol. The van der Waals surface area contributed by atoms with Crippen LogP contribution in [-0.4, -0.2) is 30.5 Å². The van der Waals surface area contributed by atoms with Crippen molar-refractivity contribution in [2.75, 3.05) is 5.32 Å². The number of hydrogen-bond donors (Lipinski definition) is 2. The van der Waals surface area contributed by atoms with Gasteiger partial charge in [0, 0.05) is 35.3 Å². The standard InChI is InChI=1S/C24H17FN6O/c1-2-15-3-7-22(26-10-15)30-24(32)19-6-4-16(9-20(19)25)21-13-27-23-8-5-17(14-31(21)23)18-11-28-29-12-18/h2-14H,1H2,(H,28,29)(H,26,30,32). The van der Waals surface area contributed by atoms with Crippen LogP contribution in [0.1, 0.15) is 15.9 Å². The number of carbonyl (C=O) groups excluding carboxylic acids is 1. The molecule has 0 aliphatic rings. The average Bonchev–Trinajstić information content (AvgIpc) is 3.49. The molecular formula is C24H17FN6O. The van der Waals surface area contributed by atoms with Gasteiger partial charge in [-0.3, -0.25) is 14.3 Å². The normalized spacial score (nSPS) is 10.9. The fourth-order valence-corrected chi connectivity index (χ4v) is 3.42. The Bertz CT molecular complexity index is 1440. The van der Waals surface area contributed by atoms with E-state index in [1.54, 1.807) is 49.1 Å². The minimum atomic E-state index is -0.636. The zero-order valence-electron chi connectivity index (χ0n) is 16.8. The van der Waals surface area contributed by atoms with Gasteiger partial charge in [0.25, 0.3) is 5.91 Å². The number of aromatic amines is 1. The minimum Gasteiger partial charge on any atom is -0.306 e. The maximum atomic E-state index is 14.9. The molecule has 5 rings (SSSR count). The maximum Gasteiger partial charge on any atom is 0.259 e. The van der Waals surface area contributed by atoms with E-state index in [1.165, 1.54) is 12.1 Å². The first-order valence-corrected chi connectivity index (χ1v) is 9.78. The lowest BCUT2D eigenvalue weighted by Gasteiger charge is -2.08. The SMILES string of the molecule is C=Cc1ccc(NC(=O)c2ccc(-c3cnc4ccc(-c5cn[nH]c5)cn34)cc2F)nc1. The van der Waals surface area contributed by atoms with Crippen LogP contribution in [0.5, 0.6) is 0 Å². The van der Waals surface area contributed by atoms with Gasteiger partial charge in [-0.2, -0.15) is 5.10 Å². The van der Waals surface area contributed by atoms with Crippen LogP contribution in [0.25, 0.3) is 34.1 Å². The third-order valence-electron chi connectivity index (χ3n) is 5.11. The topological polar surface area (TPSA) is 88.0 Å². The summed E-state index contributed by atoms with van der Waals surface area (Å²) in [6, 6.07) is 11.7. The van der Waals surface area contributed by atoms with E-state index < -0.39 is 11.7 Å². The van der Waals surface area contributed by atoms with Crippen molar-refractivity contribution >= 4 is 23.4 Å². The second-order valence-corrected chi connectivity index (χ2v) is 7.11. The molecule has 0 bridgehead atoms. The van der Waals surface area contributed by atoms with Gasteiger partial charge in [-0.1, -0.05) is 18.7 Å². The van der Waals surface area contributed by atoms with Crippen LogP contribution in [-0.2, 0) is 0 Å². The number of carbonyl (C=O) groups is 1. The molecule has 0 saturated carbocycles. The number of nitrogens with one attached hydrogen (secondary N) is 2. The molecule has 0 fully saturated rings. The lowest BCUT2D eigenvalue weighted by atomic mass is 10.1. The summed E-state index contributed by atoms with van der Waals surface area (Å²) in [4.78, 5) is 21.1. The fourth-order valence-electron chi connectivity index (χ4n) is 3.42. The second-order valence-electron chi connectivity index (χ2n) is 7.11. The summed E-state index contributed by atoms with van der Waals surface area (Å²) in [6.45, 7) is 3.66. The molecule has 4 heterocycles. The minimum absolute atomic E-state index is 0.0729. The third-order valence-corrected chi connectivity index (χ3v) is 5.11. The van der Waals surface area contributed by atoms with Crippen LogP contribution in [0.4, 0.5) is 10.2 Å². The number of halogens is 1. The Kier molecular flexibility index (Phi) is 4.79. The highest BCUT2D eigenvalue weighted by molar-refractivity contribution is 6.04. The van der Waals surface area contributed by atoms with Gasteiger partial charge < -0.3 is 5.32 Å². The zero-order chi connectivity index (χ0) is 22.1. The number of hydrogen-bond acceptors (Lipinski definition) is 4. The Labute approximate surface area is 182 Å². The van der Waals surface area contributed by atoms with Crippen LogP contribution < -0.4 is 5.32 Å². The van der Waals surface area contributed by atoms with Crippen LogP contribution >= 0.6 is 0 Å². The Morgan fingerprint density at radius 1 is 1.03 bits per heavy atom. The van der Waals surface area contributed by atoms with E-state index in [1.807, 2.05) is 22.7 Å². The number of benzene rings is 1. The molecule has 0 radical (unpaired) electrons. The Balaban J connectivity index is 1.45. The number of anilines is 1. The fraction of sp³-hybridized carbons (Fsp3) is 0. The third kappa shape index (κ3) is 3.54. The number of fused-ring (bicyclic) bond motifs is 1. The van der Waals surface area contributed by atoms with Gasteiger partial charge in [0.2, 0.25) is 0 Å². The van der Waals surface area contributed by atoms with Gasteiger partial charge >= 0.3 is 0 Å². The molecule has 4 aromatic heterocycles. The zero-order valence-corrected chi connectivity index (χ0v) is 16.8. The molecule has 7 nitrogen and oxygen atoms in total. The monoisotopic (exact) mass is 424 g/mol. The first-order valence-electron chi connectivity index (χ1n) is 9.78. The molecule has 5 aromatic rings. The molecule has 0 aliphatic heterocycles. The Hall–Kier alpha value is -4.59. The first-order chi connectivity index (χ1) is 15.6. The number of H-pyrrole nitrogens is 1. The van der Waals surface area contributed by atoms with Crippen molar-refractivity contribution in [3.63, 3.8) is 0 Å². The molecule has 32 heavy (non-hydrogen) atoms. The number of rotatable bonds is 5. The quantitative estimate of drug-likeness (QED) is 0.423. The van der Waals surface area contributed by atoms with Crippen molar-refractivity contribution in [3.05, 3.63) is 97.0 Å². The van der Waals surface area contributed by atoms with Gasteiger partial charge in [0.05, 0.1) is 23.7 Å². The predicted molar refractivity (Wildman–Crippen MR) is 120 cm³/mol. The maximum absolute atomic E-state index is 14.9. The summed E-state index contributed by atoms with van der Waals surface area (Å²) < 4.78 is 16.8. The average molecular weight is 424 g/mol. The van der Waals surface area contributed by atoms with Gasteiger partial charge in [-0.25, -0.2) is 14.4 Å². The van der Waals surface area contributed by atoms with Crippen molar-refractivity contribution in [1.82, 2.24) is 24.6 Å². The van der Waals surface area contributed by atoms with E-state index >= 15 is 0 Å². The summed E-state index contributed by atoms with van der Waals surface area (Å²) in [7, 11) is 0. The second kappa shape index (κ2) is 7.92. The van der Waals surface area contributed by atoms with E-state index in [9.17, 15) is 9.18 Å².